The van der Waals surface area contributed by atoms with Crippen LogP contribution in [0.2, 0.25) is 0 Å². The van der Waals surface area contributed by atoms with Crippen LogP contribution in [0.25, 0.3) is 10.8 Å². The Morgan fingerprint density at radius 3 is 2.34 bits per heavy atom. The summed E-state index contributed by atoms with van der Waals surface area (Å²) in [6, 6.07) is 26.6. The lowest BCUT2D eigenvalue weighted by molar-refractivity contribution is -0.132. The molecule has 1 amide bonds. The molecule has 0 spiro atoms. The fourth-order valence-electron chi connectivity index (χ4n) is 4.29. The Balaban J connectivity index is 1.61. The van der Waals surface area contributed by atoms with Crippen LogP contribution < -0.4 is 0 Å². The van der Waals surface area contributed by atoms with Crippen LogP contribution in [-0.4, -0.2) is 49.8 Å². The number of ether oxygens (including phenoxy) is 1. The maximum atomic E-state index is 13.8. The van der Waals surface area contributed by atoms with Gasteiger partial charge in [0.15, 0.2) is 0 Å². The van der Waals surface area contributed by atoms with Crippen molar-refractivity contribution in [2.45, 2.75) is 38.3 Å². The molecule has 0 saturated carbocycles. The molecule has 0 N–H and O–H groups in total. The Kier molecular flexibility index (Phi) is 9.69. The summed E-state index contributed by atoms with van der Waals surface area (Å²) in [7, 11) is -3.92. The highest BCUT2D eigenvalue weighted by Crippen LogP contribution is 2.23. The van der Waals surface area contributed by atoms with Crippen molar-refractivity contribution in [1.29, 1.82) is 0 Å². The van der Waals surface area contributed by atoms with Crippen molar-refractivity contribution in [3.8, 4) is 0 Å². The minimum Gasteiger partial charge on any atom is -0.382 e. The van der Waals surface area contributed by atoms with Crippen molar-refractivity contribution >= 4 is 38.0 Å². The van der Waals surface area contributed by atoms with Crippen LogP contribution in [0.4, 0.5) is 0 Å². The topological polar surface area (TPSA) is 66.9 Å². The molecular formula is C30H34N2O4S2. The molecule has 4 rings (SSSR count). The van der Waals surface area contributed by atoms with Crippen LogP contribution in [0, 0.1) is 6.92 Å². The fourth-order valence-corrected chi connectivity index (χ4v) is 6.66. The molecule has 0 unspecified atom stereocenters. The molecule has 0 aliphatic rings. The van der Waals surface area contributed by atoms with Crippen molar-refractivity contribution in [2.75, 3.05) is 26.3 Å². The number of hydrogen-bond donors (Lipinski definition) is 0. The van der Waals surface area contributed by atoms with Gasteiger partial charge in [-0.05, 0) is 60.9 Å². The number of carbonyl (C=O) groups excluding carboxylic acids is 1. The molecular weight excluding hydrogens is 516 g/mol. The molecule has 3 aromatic carbocycles. The highest BCUT2D eigenvalue weighted by Gasteiger charge is 2.29. The molecule has 0 radical (unpaired) electrons. The molecule has 0 saturated heterocycles. The number of rotatable bonds is 13. The molecule has 6 nitrogen and oxygen atoms in total. The average Bonchev–Trinajstić information content (AvgIpc) is 3.34. The predicted molar refractivity (Wildman–Crippen MR) is 154 cm³/mol. The zero-order valence-corrected chi connectivity index (χ0v) is 23.5. The van der Waals surface area contributed by atoms with Gasteiger partial charge in [-0.15, -0.1) is 11.3 Å². The maximum Gasteiger partial charge on any atom is 0.243 e. The fraction of sp³-hybridized carbons (Fsp3) is 0.300. The average molecular weight is 551 g/mol. The highest BCUT2D eigenvalue weighted by molar-refractivity contribution is 7.89. The summed E-state index contributed by atoms with van der Waals surface area (Å²) >= 11 is 1.64. The van der Waals surface area contributed by atoms with Gasteiger partial charge in [0.25, 0.3) is 0 Å². The molecule has 0 aliphatic carbocycles. The zero-order chi connectivity index (χ0) is 27.0. The first-order valence-corrected chi connectivity index (χ1v) is 15.1. The van der Waals surface area contributed by atoms with Crippen LogP contribution in [0.3, 0.4) is 0 Å². The number of benzene rings is 3. The van der Waals surface area contributed by atoms with Gasteiger partial charge in [-0.25, -0.2) is 8.42 Å². The standard InChI is InChI=1S/C30H34N2O4S2/c1-3-36-19-9-18-32(38(34,35)29-17-15-26-12-7-8-13-27(26)20-29)23-30(33)31(21-25-10-5-4-6-11-25)22-28-16-14-24(2)37-28/h4-8,10-17,20H,3,9,18-19,21-23H2,1-2H3. The van der Waals surface area contributed by atoms with E-state index in [1.165, 1.54) is 9.18 Å². The van der Waals surface area contributed by atoms with Crippen LogP contribution in [-0.2, 0) is 32.6 Å². The molecule has 0 fully saturated rings. The predicted octanol–water partition coefficient (Wildman–Crippen LogP) is 5.86. The van der Waals surface area contributed by atoms with Gasteiger partial charge in [-0.2, -0.15) is 4.31 Å². The Morgan fingerprint density at radius 2 is 1.63 bits per heavy atom. The summed E-state index contributed by atoms with van der Waals surface area (Å²) < 4.78 is 34.4. The molecule has 200 valence electrons. The number of sulfonamides is 1. The van der Waals surface area contributed by atoms with E-state index in [1.807, 2.05) is 86.6 Å². The minimum absolute atomic E-state index is 0.184. The van der Waals surface area contributed by atoms with E-state index < -0.39 is 10.0 Å². The zero-order valence-electron chi connectivity index (χ0n) is 21.9. The number of aryl methyl sites for hydroxylation is 1. The van der Waals surface area contributed by atoms with Gasteiger partial charge >= 0.3 is 0 Å². The lowest BCUT2D eigenvalue weighted by atomic mass is 10.1. The normalized spacial score (nSPS) is 11.8. The summed E-state index contributed by atoms with van der Waals surface area (Å²) in [6.07, 6.45) is 0.497. The Labute approximate surface area is 229 Å². The second-order valence-corrected chi connectivity index (χ2v) is 12.5. The molecule has 4 aromatic rings. The van der Waals surface area contributed by atoms with E-state index in [0.29, 0.717) is 32.7 Å². The molecule has 38 heavy (non-hydrogen) atoms. The van der Waals surface area contributed by atoms with Gasteiger partial charge in [0.2, 0.25) is 15.9 Å². The first-order valence-electron chi connectivity index (χ1n) is 12.8. The highest BCUT2D eigenvalue weighted by atomic mass is 32.2. The summed E-state index contributed by atoms with van der Waals surface area (Å²) in [5.74, 6) is -0.235. The number of hydrogen-bond acceptors (Lipinski definition) is 5. The molecule has 1 aromatic heterocycles. The van der Waals surface area contributed by atoms with Crippen molar-refractivity contribution in [3.63, 3.8) is 0 Å². The second-order valence-electron chi connectivity index (χ2n) is 9.15. The van der Waals surface area contributed by atoms with E-state index in [9.17, 15) is 13.2 Å². The van der Waals surface area contributed by atoms with Crippen molar-refractivity contribution in [3.05, 3.63) is 100 Å². The Morgan fingerprint density at radius 1 is 0.895 bits per heavy atom. The van der Waals surface area contributed by atoms with E-state index >= 15 is 0 Å². The summed E-state index contributed by atoms with van der Waals surface area (Å²) in [5, 5.41) is 1.80. The van der Waals surface area contributed by atoms with Crippen molar-refractivity contribution < 1.29 is 17.9 Å². The maximum absolute atomic E-state index is 13.8. The lowest BCUT2D eigenvalue weighted by Crippen LogP contribution is -2.43. The Hall–Kier alpha value is -3.04. The van der Waals surface area contributed by atoms with E-state index in [1.54, 1.807) is 28.4 Å². The van der Waals surface area contributed by atoms with Crippen LogP contribution >= 0.6 is 11.3 Å². The van der Waals surface area contributed by atoms with E-state index in [4.69, 9.17) is 4.74 Å². The van der Waals surface area contributed by atoms with Crippen molar-refractivity contribution in [1.82, 2.24) is 9.21 Å². The molecule has 8 heteroatoms. The molecule has 0 bridgehead atoms. The third-order valence-corrected chi connectivity index (χ3v) is 9.11. The monoisotopic (exact) mass is 550 g/mol. The van der Waals surface area contributed by atoms with Crippen LogP contribution in [0.15, 0.2) is 89.8 Å². The number of fused-ring (bicyclic) bond motifs is 1. The first-order chi connectivity index (χ1) is 18.4. The van der Waals surface area contributed by atoms with Crippen LogP contribution in [0.1, 0.15) is 28.7 Å². The molecule has 0 atom stereocenters. The van der Waals surface area contributed by atoms with Crippen molar-refractivity contribution in [2.24, 2.45) is 0 Å². The van der Waals surface area contributed by atoms with Crippen LogP contribution in [0.5, 0.6) is 0 Å². The third kappa shape index (κ3) is 7.29. The number of thiophene rings is 1. The number of nitrogens with zero attached hydrogens (tertiary/aromatic N) is 2. The van der Waals surface area contributed by atoms with Gasteiger partial charge in [0.05, 0.1) is 18.0 Å². The molecule has 0 aliphatic heterocycles. The molecule has 1 heterocycles. The van der Waals surface area contributed by atoms with E-state index in [-0.39, 0.29) is 23.9 Å². The van der Waals surface area contributed by atoms with E-state index in [0.717, 1.165) is 21.2 Å². The lowest BCUT2D eigenvalue weighted by Gasteiger charge is -2.27. The SMILES string of the molecule is CCOCCCN(CC(=O)N(Cc1ccccc1)Cc1ccc(C)s1)S(=O)(=O)c1ccc2ccccc2c1. The second kappa shape index (κ2) is 13.2. The van der Waals surface area contributed by atoms with Gasteiger partial charge in [0.1, 0.15) is 0 Å². The first kappa shape index (κ1) is 28.0. The third-order valence-electron chi connectivity index (χ3n) is 6.28. The minimum atomic E-state index is -3.92. The summed E-state index contributed by atoms with van der Waals surface area (Å²) in [4.78, 5) is 17.9. The number of carbonyl (C=O) groups is 1. The van der Waals surface area contributed by atoms with Gasteiger partial charge in [-0.3, -0.25) is 4.79 Å². The van der Waals surface area contributed by atoms with E-state index in [2.05, 4.69) is 0 Å². The number of amides is 1. The Bertz CT molecular complexity index is 1450. The summed E-state index contributed by atoms with van der Waals surface area (Å²) in [5.41, 5.74) is 0.995. The quantitative estimate of drug-likeness (QED) is 0.196. The van der Waals surface area contributed by atoms with Gasteiger partial charge < -0.3 is 9.64 Å². The van der Waals surface area contributed by atoms with Gasteiger partial charge in [0, 0.05) is 36.1 Å². The largest absolute Gasteiger partial charge is 0.382 e. The smallest absolute Gasteiger partial charge is 0.243 e. The summed E-state index contributed by atoms with van der Waals surface area (Å²) in [6.45, 7) is 5.71. The van der Waals surface area contributed by atoms with Gasteiger partial charge in [-0.1, -0.05) is 60.7 Å².